The molecule has 0 fully saturated rings. The SMILES string of the molecule is COc1cccc(C(C)(O)Cc2cc(Br)ccc2F)c1. The molecule has 1 unspecified atom stereocenters. The van der Waals surface area contributed by atoms with Crippen molar-refractivity contribution in [3.05, 3.63) is 63.9 Å². The van der Waals surface area contributed by atoms with E-state index in [0.29, 0.717) is 16.9 Å². The van der Waals surface area contributed by atoms with Crippen molar-refractivity contribution < 1.29 is 14.2 Å². The number of halogens is 2. The third kappa shape index (κ3) is 3.38. The van der Waals surface area contributed by atoms with E-state index in [4.69, 9.17) is 4.74 Å². The van der Waals surface area contributed by atoms with Crippen LogP contribution in [-0.4, -0.2) is 12.2 Å². The first kappa shape index (κ1) is 15.0. The van der Waals surface area contributed by atoms with Crippen molar-refractivity contribution in [3.63, 3.8) is 0 Å². The maximum absolute atomic E-state index is 13.8. The summed E-state index contributed by atoms with van der Waals surface area (Å²) < 4.78 is 19.7. The molecule has 0 radical (unpaired) electrons. The van der Waals surface area contributed by atoms with Crippen LogP contribution in [0.4, 0.5) is 4.39 Å². The molecule has 106 valence electrons. The van der Waals surface area contributed by atoms with E-state index in [-0.39, 0.29) is 12.2 Å². The quantitative estimate of drug-likeness (QED) is 0.911. The average molecular weight is 339 g/mol. The van der Waals surface area contributed by atoms with Gasteiger partial charge in [-0.15, -0.1) is 0 Å². The van der Waals surface area contributed by atoms with Crippen LogP contribution in [0.25, 0.3) is 0 Å². The van der Waals surface area contributed by atoms with Crippen molar-refractivity contribution in [2.24, 2.45) is 0 Å². The molecule has 0 aliphatic carbocycles. The summed E-state index contributed by atoms with van der Waals surface area (Å²) in [7, 11) is 1.57. The first-order chi connectivity index (χ1) is 9.42. The Kier molecular flexibility index (Phi) is 4.45. The Morgan fingerprint density at radius 1 is 1.25 bits per heavy atom. The lowest BCUT2D eigenvalue weighted by atomic mass is 9.89. The number of methoxy groups -OCH3 is 1. The predicted molar refractivity (Wildman–Crippen MR) is 80.4 cm³/mol. The zero-order valence-corrected chi connectivity index (χ0v) is 12.9. The fourth-order valence-corrected chi connectivity index (χ4v) is 2.52. The molecule has 0 amide bonds. The van der Waals surface area contributed by atoms with Gasteiger partial charge in [-0.25, -0.2) is 4.39 Å². The van der Waals surface area contributed by atoms with Gasteiger partial charge in [0.25, 0.3) is 0 Å². The standard InChI is InChI=1S/C16H16BrFO2/c1-16(19,12-4-3-5-14(9-12)20-2)10-11-8-13(17)6-7-15(11)18/h3-9,19H,10H2,1-2H3. The Morgan fingerprint density at radius 2 is 2.00 bits per heavy atom. The van der Waals surface area contributed by atoms with Crippen LogP contribution in [0.15, 0.2) is 46.9 Å². The van der Waals surface area contributed by atoms with Gasteiger partial charge in [-0.05, 0) is 48.4 Å². The highest BCUT2D eigenvalue weighted by Crippen LogP contribution is 2.29. The normalized spacial score (nSPS) is 13.8. The molecule has 4 heteroatoms. The van der Waals surface area contributed by atoms with Crippen LogP contribution in [0.1, 0.15) is 18.1 Å². The van der Waals surface area contributed by atoms with Crippen LogP contribution in [-0.2, 0) is 12.0 Å². The van der Waals surface area contributed by atoms with E-state index < -0.39 is 5.60 Å². The van der Waals surface area contributed by atoms with Crippen LogP contribution in [0.3, 0.4) is 0 Å². The molecule has 0 spiro atoms. The maximum atomic E-state index is 13.8. The van der Waals surface area contributed by atoms with E-state index in [1.807, 2.05) is 0 Å². The van der Waals surface area contributed by atoms with Crippen molar-refractivity contribution >= 4 is 15.9 Å². The van der Waals surface area contributed by atoms with Gasteiger partial charge in [0.1, 0.15) is 11.6 Å². The zero-order chi connectivity index (χ0) is 14.8. The van der Waals surface area contributed by atoms with E-state index in [0.717, 1.165) is 4.47 Å². The third-order valence-corrected chi connectivity index (χ3v) is 3.73. The first-order valence-electron chi connectivity index (χ1n) is 6.23. The lowest BCUT2D eigenvalue weighted by Gasteiger charge is -2.24. The molecule has 1 atom stereocenters. The highest BCUT2D eigenvalue weighted by atomic mass is 79.9. The van der Waals surface area contributed by atoms with Gasteiger partial charge in [0, 0.05) is 10.9 Å². The van der Waals surface area contributed by atoms with Gasteiger partial charge in [0.2, 0.25) is 0 Å². The number of hydrogen-bond acceptors (Lipinski definition) is 2. The van der Waals surface area contributed by atoms with Crippen molar-refractivity contribution in [2.45, 2.75) is 18.9 Å². The smallest absolute Gasteiger partial charge is 0.126 e. The average Bonchev–Trinajstić information content (AvgIpc) is 2.43. The Balaban J connectivity index is 2.32. The molecule has 2 aromatic rings. The number of ether oxygens (including phenoxy) is 1. The topological polar surface area (TPSA) is 29.5 Å². The third-order valence-electron chi connectivity index (χ3n) is 3.23. The Bertz CT molecular complexity index is 611. The molecule has 0 aliphatic heterocycles. The summed E-state index contributed by atoms with van der Waals surface area (Å²) in [6.07, 6.45) is 0.186. The summed E-state index contributed by atoms with van der Waals surface area (Å²) >= 11 is 3.31. The lowest BCUT2D eigenvalue weighted by Crippen LogP contribution is -2.24. The fourth-order valence-electron chi connectivity index (χ4n) is 2.11. The summed E-state index contributed by atoms with van der Waals surface area (Å²) in [5.41, 5.74) is -0.0145. The van der Waals surface area contributed by atoms with Crippen LogP contribution in [0.5, 0.6) is 5.75 Å². The molecule has 2 rings (SSSR count). The summed E-state index contributed by atoms with van der Waals surface area (Å²) in [4.78, 5) is 0. The summed E-state index contributed by atoms with van der Waals surface area (Å²) in [5, 5.41) is 10.6. The Morgan fingerprint density at radius 3 is 2.70 bits per heavy atom. The molecule has 0 heterocycles. The van der Waals surface area contributed by atoms with Gasteiger partial charge in [-0.1, -0.05) is 28.1 Å². The monoisotopic (exact) mass is 338 g/mol. The number of hydrogen-bond donors (Lipinski definition) is 1. The minimum atomic E-state index is -1.17. The molecular formula is C16H16BrFO2. The summed E-state index contributed by atoms with van der Waals surface area (Å²) in [5.74, 6) is 0.342. The van der Waals surface area contributed by atoms with E-state index in [1.165, 1.54) is 6.07 Å². The fraction of sp³-hybridized carbons (Fsp3) is 0.250. The predicted octanol–water partition coefficient (Wildman–Crippen LogP) is 4.05. The maximum Gasteiger partial charge on any atom is 0.126 e. The molecule has 0 bridgehead atoms. The molecule has 20 heavy (non-hydrogen) atoms. The van der Waals surface area contributed by atoms with Gasteiger partial charge in [-0.2, -0.15) is 0 Å². The van der Waals surface area contributed by atoms with Gasteiger partial charge >= 0.3 is 0 Å². The van der Waals surface area contributed by atoms with Crippen LogP contribution in [0, 0.1) is 5.82 Å². The second-order valence-corrected chi connectivity index (χ2v) is 5.83. The molecule has 0 saturated heterocycles. The number of benzene rings is 2. The Labute approximate surface area is 126 Å². The summed E-state index contributed by atoms with van der Waals surface area (Å²) in [6, 6.07) is 11.9. The highest BCUT2D eigenvalue weighted by molar-refractivity contribution is 9.10. The van der Waals surface area contributed by atoms with Crippen molar-refractivity contribution in [2.75, 3.05) is 7.11 Å². The van der Waals surface area contributed by atoms with Crippen molar-refractivity contribution in [1.29, 1.82) is 0 Å². The van der Waals surface area contributed by atoms with Crippen molar-refractivity contribution in [1.82, 2.24) is 0 Å². The van der Waals surface area contributed by atoms with Crippen LogP contribution < -0.4 is 4.74 Å². The summed E-state index contributed by atoms with van der Waals surface area (Å²) in [6.45, 7) is 1.67. The van der Waals surface area contributed by atoms with Gasteiger partial charge in [-0.3, -0.25) is 0 Å². The minimum absolute atomic E-state index is 0.186. The van der Waals surface area contributed by atoms with E-state index in [9.17, 15) is 9.50 Å². The van der Waals surface area contributed by atoms with Crippen molar-refractivity contribution in [3.8, 4) is 5.75 Å². The number of rotatable bonds is 4. The molecule has 2 nitrogen and oxygen atoms in total. The van der Waals surface area contributed by atoms with Gasteiger partial charge in [0.15, 0.2) is 0 Å². The molecule has 1 N–H and O–H groups in total. The van der Waals surface area contributed by atoms with Crippen LogP contribution in [0.2, 0.25) is 0 Å². The largest absolute Gasteiger partial charge is 0.497 e. The minimum Gasteiger partial charge on any atom is -0.497 e. The second-order valence-electron chi connectivity index (χ2n) is 4.92. The zero-order valence-electron chi connectivity index (χ0n) is 11.4. The lowest BCUT2D eigenvalue weighted by molar-refractivity contribution is 0.0564. The van der Waals surface area contributed by atoms with Gasteiger partial charge < -0.3 is 9.84 Å². The molecule has 0 saturated carbocycles. The van der Waals surface area contributed by atoms with Crippen LogP contribution >= 0.6 is 15.9 Å². The van der Waals surface area contributed by atoms with E-state index in [1.54, 1.807) is 50.4 Å². The molecule has 0 aromatic heterocycles. The molecular weight excluding hydrogens is 323 g/mol. The van der Waals surface area contributed by atoms with E-state index in [2.05, 4.69) is 15.9 Å². The first-order valence-corrected chi connectivity index (χ1v) is 7.02. The highest BCUT2D eigenvalue weighted by Gasteiger charge is 2.25. The molecule has 2 aromatic carbocycles. The number of aliphatic hydroxyl groups is 1. The molecule has 0 aliphatic rings. The van der Waals surface area contributed by atoms with E-state index >= 15 is 0 Å². The Hall–Kier alpha value is -1.39. The van der Waals surface area contributed by atoms with Gasteiger partial charge in [0.05, 0.1) is 12.7 Å². The second kappa shape index (κ2) is 5.94.